The Labute approximate surface area is 82.4 Å². The van der Waals surface area contributed by atoms with E-state index in [-0.39, 0.29) is 6.04 Å². The predicted octanol–water partition coefficient (Wildman–Crippen LogP) is 0.529. The lowest BCUT2D eigenvalue weighted by atomic mass is 10.2. The van der Waals surface area contributed by atoms with Crippen LogP contribution in [0.15, 0.2) is 12.3 Å². The van der Waals surface area contributed by atoms with Crippen molar-refractivity contribution in [2.24, 2.45) is 0 Å². The molecule has 1 rings (SSSR count). The van der Waals surface area contributed by atoms with E-state index in [2.05, 4.69) is 15.3 Å². The van der Waals surface area contributed by atoms with Gasteiger partial charge in [0.05, 0.1) is 12.1 Å². The minimum absolute atomic E-state index is 0.149. The zero-order chi connectivity index (χ0) is 10.6. The van der Waals surface area contributed by atoms with Crippen LogP contribution in [0.5, 0.6) is 0 Å². The van der Waals surface area contributed by atoms with Crippen molar-refractivity contribution < 1.29 is 5.11 Å². The molecular formula is C9H12N4O. The summed E-state index contributed by atoms with van der Waals surface area (Å²) in [6.45, 7) is 3.49. The van der Waals surface area contributed by atoms with Crippen molar-refractivity contribution in [1.29, 1.82) is 5.26 Å². The minimum Gasteiger partial charge on any atom is -0.391 e. The van der Waals surface area contributed by atoms with E-state index < -0.39 is 6.10 Å². The van der Waals surface area contributed by atoms with Crippen LogP contribution < -0.4 is 5.32 Å². The van der Waals surface area contributed by atoms with Gasteiger partial charge in [0.25, 0.3) is 0 Å². The molecule has 0 aliphatic heterocycles. The summed E-state index contributed by atoms with van der Waals surface area (Å²) in [5.41, 5.74) is 0.306. The molecule has 0 amide bonds. The van der Waals surface area contributed by atoms with Crippen molar-refractivity contribution in [1.82, 2.24) is 9.97 Å². The summed E-state index contributed by atoms with van der Waals surface area (Å²) >= 11 is 0. The third-order valence-electron chi connectivity index (χ3n) is 1.85. The van der Waals surface area contributed by atoms with E-state index in [4.69, 9.17) is 5.26 Å². The molecule has 0 aliphatic carbocycles. The van der Waals surface area contributed by atoms with E-state index in [9.17, 15) is 5.11 Å². The highest BCUT2D eigenvalue weighted by molar-refractivity contribution is 5.31. The summed E-state index contributed by atoms with van der Waals surface area (Å²) in [5.74, 6) is 0.359. The molecule has 0 spiro atoms. The Morgan fingerprint density at radius 3 is 2.86 bits per heavy atom. The highest BCUT2D eigenvalue weighted by Crippen LogP contribution is 2.03. The number of aromatic nitrogens is 2. The van der Waals surface area contributed by atoms with Crippen molar-refractivity contribution in [3.63, 3.8) is 0 Å². The Hall–Kier alpha value is -1.67. The molecular weight excluding hydrogens is 180 g/mol. The van der Waals surface area contributed by atoms with Crippen LogP contribution >= 0.6 is 0 Å². The van der Waals surface area contributed by atoms with Crippen molar-refractivity contribution in [3.05, 3.63) is 18.0 Å². The molecule has 2 unspecified atom stereocenters. The van der Waals surface area contributed by atoms with Gasteiger partial charge in [-0.25, -0.2) is 9.97 Å². The molecule has 1 aromatic heterocycles. The van der Waals surface area contributed by atoms with Gasteiger partial charge < -0.3 is 10.4 Å². The Morgan fingerprint density at radius 2 is 2.29 bits per heavy atom. The van der Waals surface area contributed by atoms with Crippen LogP contribution in [0.4, 0.5) is 5.95 Å². The summed E-state index contributed by atoms with van der Waals surface area (Å²) in [5, 5.41) is 20.7. The van der Waals surface area contributed by atoms with Gasteiger partial charge in [0, 0.05) is 6.20 Å². The number of anilines is 1. The number of rotatable bonds is 3. The van der Waals surface area contributed by atoms with Crippen molar-refractivity contribution >= 4 is 5.95 Å². The quantitative estimate of drug-likeness (QED) is 0.730. The zero-order valence-electron chi connectivity index (χ0n) is 8.10. The van der Waals surface area contributed by atoms with Crippen LogP contribution in [-0.4, -0.2) is 27.2 Å². The highest BCUT2D eigenvalue weighted by Gasteiger charge is 2.09. The van der Waals surface area contributed by atoms with Gasteiger partial charge in [-0.15, -0.1) is 0 Å². The zero-order valence-corrected chi connectivity index (χ0v) is 8.10. The maximum absolute atomic E-state index is 9.23. The molecule has 0 aromatic carbocycles. The van der Waals surface area contributed by atoms with Crippen LogP contribution in [0.3, 0.4) is 0 Å². The number of hydrogen-bond donors (Lipinski definition) is 2. The monoisotopic (exact) mass is 192 g/mol. The van der Waals surface area contributed by atoms with Crippen molar-refractivity contribution in [2.75, 3.05) is 5.32 Å². The number of nitrogens with zero attached hydrogens (tertiary/aromatic N) is 3. The molecule has 0 aliphatic rings. The smallest absolute Gasteiger partial charge is 0.224 e. The first-order chi connectivity index (χ1) is 6.63. The highest BCUT2D eigenvalue weighted by atomic mass is 16.3. The largest absolute Gasteiger partial charge is 0.391 e. The van der Waals surface area contributed by atoms with E-state index in [1.807, 2.05) is 13.0 Å². The van der Waals surface area contributed by atoms with Gasteiger partial charge in [-0.3, -0.25) is 0 Å². The average Bonchev–Trinajstić information content (AvgIpc) is 2.18. The lowest BCUT2D eigenvalue weighted by Gasteiger charge is -2.15. The second-order valence-electron chi connectivity index (χ2n) is 3.05. The Bertz CT molecular complexity index is 345. The van der Waals surface area contributed by atoms with E-state index in [0.717, 1.165) is 0 Å². The molecule has 0 saturated heterocycles. The number of nitriles is 1. The fourth-order valence-electron chi connectivity index (χ4n) is 0.815. The molecule has 0 bridgehead atoms. The molecule has 74 valence electrons. The molecule has 14 heavy (non-hydrogen) atoms. The molecule has 5 nitrogen and oxygen atoms in total. The van der Waals surface area contributed by atoms with Gasteiger partial charge in [0.15, 0.2) is 0 Å². The summed E-state index contributed by atoms with van der Waals surface area (Å²) in [4.78, 5) is 7.84. The molecule has 2 atom stereocenters. The molecule has 2 N–H and O–H groups in total. The minimum atomic E-state index is -0.496. The van der Waals surface area contributed by atoms with E-state index >= 15 is 0 Å². The normalized spacial score (nSPS) is 14.1. The number of aliphatic hydroxyl groups is 1. The first-order valence-electron chi connectivity index (χ1n) is 4.31. The van der Waals surface area contributed by atoms with Crippen molar-refractivity contribution in [2.45, 2.75) is 26.0 Å². The SMILES string of the molecule is CC(O)C(C)Nc1nccc(C#N)n1. The van der Waals surface area contributed by atoms with Crippen LogP contribution in [0.25, 0.3) is 0 Å². The fraction of sp³-hybridized carbons (Fsp3) is 0.444. The van der Waals surface area contributed by atoms with Gasteiger partial charge in [0.2, 0.25) is 5.95 Å². The van der Waals surface area contributed by atoms with E-state index in [1.54, 1.807) is 6.92 Å². The lowest BCUT2D eigenvalue weighted by molar-refractivity contribution is 0.177. The van der Waals surface area contributed by atoms with Gasteiger partial charge in [-0.2, -0.15) is 5.26 Å². The third kappa shape index (κ3) is 2.68. The van der Waals surface area contributed by atoms with Crippen LogP contribution in [0, 0.1) is 11.3 Å². The summed E-state index contributed by atoms with van der Waals surface area (Å²) in [7, 11) is 0. The third-order valence-corrected chi connectivity index (χ3v) is 1.85. The molecule has 1 heterocycles. The molecule has 0 saturated carbocycles. The van der Waals surface area contributed by atoms with E-state index in [1.165, 1.54) is 12.3 Å². The number of nitrogens with one attached hydrogen (secondary N) is 1. The van der Waals surface area contributed by atoms with Crippen LogP contribution in [0.1, 0.15) is 19.5 Å². The van der Waals surface area contributed by atoms with Gasteiger partial charge in [-0.1, -0.05) is 0 Å². The summed E-state index contributed by atoms with van der Waals surface area (Å²) < 4.78 is 0. The van der Waals surface area contributed by atoms with Crippen LogP contribution in [-0.2, 0) is 0 Å². The molecule has 0 radical (unpaired) electrons. The Kier molecular flexibility index (Phi) is 3.37. The maximum atomic E-state index is 9.23. The standard InChI is InChI=1S/C9H12N4O/c1-6(7(2)14)12-9-11-4-3-8(5-10)13-9/h3-4,6-7,14H,1-2H3,(H,11,12,13). The molecule has 0 fully saturated rings. The van der Waals surface area contributed by atoms with Crippen molar-refractivity contribution in [3.8, 4) is 6.07 Å². The van der Waals surface area contributed by atoms with Gasteiger partial charge in [0.1, 0.15) is 11.8 Å². The molecule has 5 heteroatoms. The Morgan fingerprint density at radius 1 is 1.57 bits per heavy atom. The Balaban J connectivity index is 2.73. The summed E-state index contributed by atoms with van der Waals surface area (Å²) in [6, 6.07) is 3.29. The molecule has 1 aromatic rings. The second-order valence-corrected chi connectivity index (χ2v) is 3.05. The first kappa shape index (κ1) is 10.4. The summed E-state index contributed by atoms with van der Waals surface area (Å²) in [6.07, 6.45) is 1.01. The second kappa shape index (κ2) is 4.53. The van der Waals surface area contributed by atoms with Crippen LogP contribution in [0.2, 0.25) is 0 Å². The maximum Gasteiger partial charge on any atom is 0.224 e. The van der Waals surface area contributed by atoms with Gasteiger partial charge in [-0.05, 0) is 19.9 Å². The number of hydrogen-bond acceptors (Lipinski definition) is 5. The lowest BCUT2D eigenvalue weighted by Crippen LogP contribution is -2.28. The average molecular weight is 192 g/mol. The topological polar surface area (TPSA) is 81.8 Å². The predicted molar refractivity (Wildman–Crippen MR) is 51.5 cm³/mol. The number of aliphatic hydroxyl groups excluding tert-OH is 1. The van der Waals surface area contributed by atoms with Gasteiger partial charge >= 0.3 is 0 Å². The first-order valence-corrected chi connectivity index (χ1v) is 4.31. The fourth-order valence-corrected chi connectivity index (χ4v) is 0.815. The van der Waals surface area contributed by atoms with E-state index in [0.29, 0.717) is 11.6 Å².